The summed E-state index contributed by atoms with van der Waals surface area (Å²) in [6.07, 6.45) is 1.75. The lowest BCUT2D eigenvalue weighted by molar-refractivity contribution is -0.126. The Hall–Kier alpha value is -1.59. The summed E-state index contributed by atoms with van der Waals surface area (Å²) in [7, 11) is 1.67. The lowest BCUT2D eigenvalue weighted by Crippen LogP contribution is -2.42. The molecule has 2 rings (SSSR count). The van der Waals surface area contributed by atoms with E-state index in [4.69, 9.17) is 10.6 Å². The number of ether oxygens (including phenoxy) is 1. The molecule has 0 unspecified atom stereocenters. The van der Waals surface area contributed by atoms with Crippen molar-refractivity contribution in [2.45, 2.75) is 19.4 Å². The van der Waals surface area contributed by atoms with Crippen LogP contribution in [0, 0.1) is 5.92 Å². The number of nitrogens with two attached hydrogens (primary N) is 1. The van der Waals surface area contributed by atoms with Crippen LogP contribution in [-0.4, -0.2) is 31.0 Å². The van der Waals surface area contributed by atoms with Gasteiger partial charge in [0.2, 0.25) is 5.91 Å². The Balaban J connectivity index is 1.83. The molecule has 1 aromatic rings. The lowest BCUT2D eigenvalue weighted by atomic mass is 9.96. The fourth-order valence-corrected chi connectivity index (χ4v) is 2.46. The summed E-state index contributed by atoms with van der Waals surface area (Å²) in [5.41, 5.74) is 3.51. The van der Waals surface area contributed by atoms with Gasteiger partial charge < -0.3 is 4.74 Å². The van der Waals surface area contributed by atoms with Crippen molar-refractivity contribution in [1.82, 2.24) is 10.3 Å². The molecule has 5 nitrogen and oxygen atoms in total. The van der Waals surface area contributed by atoms with Crippen LogP contribution in [0.4, 0.5) is 0 Å². The summed E-state index contributed by atoms with van der Waals surface area (Å²) in [5.74, 6) is 6.07. The number of nitrogens with one attached hydrogen (secondary N) is 1. The summed E-state index contributed by atoms with van der Waals surface area (Å²) < 4.78 is 5.14. The van der Waals surface area contributed by atoms with Crippen molar-refractivity contribution in [3.63, 3.8) is 0 Å². The van der Waals surface area contributed by atoms with E-state index in [1.807, 2.05) is 12.1 Å². The maximum Gasteiger partial charge on any atom is 0.237 e. The highest BCUT2D eigenvalue weighted by Crippen LogP contribution is 2.20. The van der Waals surface area contributed by atoms with Crippen LogP contribution in [-0.2, 0) is 11.3 Å². The number of carbonyl (C=O) groups excluding carboxylic acids is 1. The zero-order valence-electron chi connectivity index (χ0n) is 11.3. The van der Waals surface area contributed by atoms with Crippen LogP contribution in [0.2, 0.25) is 0 Å². The van der Waals surface area contributed by atoms with Crippen LogP contribution in [0.25, 0.3) is 0 Å². The number of benzene rings is 1. The van der Waals surface area contributed by atoms with E-state index < -0.39 is 0 Å². The average molecular weight is 263 g/mol. The highest BCUT2D eigenvalue weighted by Gasteiger charge is 2.24. The van der Waals surface area contributed by atoms with Gasteiger partial charge in [-0.25, -0.2) is 5.84 Å². The number of piperidine rings is 1. The maximum atomic E-state index is 11.4. The number of likely N-dealkylation sites (tertiary alicyclic amines) is 1. The van der Waals surface area contributed by atoms with Gasteiger partial charge >= 0.3 is 0 Å². The number of hydrogen-bond donors (Lipinski definition) is 2. The number of hydrogen-bond acceptors (Lipinski definition) is 4. The standard InChI is InChI=1S/C14H21N3O2/c1-19-13-4-2-11(3-5-13)10-17-8-6-12(7-9-17)14(18)16-15/h2-5,12H,6-10,15H2,1H3,(H,16,18). The van der Waals surface area contributed by atoms with Gasteiger partial charge in [-0.15, -0.1) is 0 Å². The summed E-state index contributed by atoms with van der Waals surface area (Å²) in [4.78, 5) is 13.8. The second kappa shape index (κ2) is 6.54. The van der Waals surface area contributed by atoms with Crippen molar-refractivity contribution in [2.24, 2.45) is 11.8 Å². The molecule has 1 fully saturated rings. The molecule has 3 N–H and O–H groups in total. The molecule has 1 amide bonds. The number of hydrazine groups is 1. The van der Waals surface area contributed by atoms with Gasteiger partial charge in [-0.1, -0.05) is 12.1 Å². The molecule has 0 aliphatic carbocycles. The third-order valence-electron chi connectivity index (χ3n) is 3.67. The van der Waals surface area contributed by atoms with Gasteiger partial charge in [0, 0.05) is 12.5 Å². The Kier molecular flexibility index (Phi) is 4.76. The largest absolute Gasteiger partial charge is 0.497 e. The first-order valence-electron chi connectivity index (χ1n) is 6.58. The Morgan fingerprint density at radius 2 is 2.00 bits per heavy atom. The van der Waals surface area contributed by atoms with Gasteiger partial charge in [0.15, 0.2) is 0 Å². The van der Waals surface area contributed by atoms with Crippen molar-refractivity contribution < 1.29 is 9.53 Å². The molecule has 0 radical (unpaired) electrons. The molecular weight excluding hydrogens is 242 g/mol. The summed E-state index contributed by atoms with van der Waals surface area (Å²) in [6.45, 7) is 2.79. The molecule has 19 heavy (non-hydrogen) atoms. The van der Waals surface area contributed by atoms with E-state index in [1.54, 1.807) is 7.11 Å². The zero-order valence-corrected chi connectivity index (χ0v) is 11.3. The van der Waals surface area contributed by atoms with E-state index >= 15 is 0 Å². The van der Waals surface area contributed by atoms with Crippen molar-refractivity contribution in [3.8, 4) is 5.75 Å². The highest BCUT2D eigenvalue weighted by molar-refractivity contribution is 5.78. The first-order chi connectivity index (χ1) is 9.22. The molecule has 1 aliphatic heterocycles. The van der Waals surface area contributed by atoms with Crippen molar-refractivity contribution in [1.29, 1.82) is 0 Å². The lowest BCUT2D eigenvalue weighted by Gasteiger charge is -2.30. The first-order valence-corrected chi connectivity index (χ1v) is 6.58. The van der Waals surface area contributed by atoms with Crippen molar-refractivity contribution >= 4 is 5.91 Å². The molecule has 5 heteroatoms. The summed E-state index contributed by atoms with van der Waals surface area (Å²) >= 11 is 0. The molecule has 1 aliphatic rings. The Morgan fingerprint density at radius 3 is 2.53 bits per heavy atom. The van der Waals surface area contributed by atoms with Gasteiger partial charge in [-0.2, -0.15) is 0 Å². The molecule has 104 valence electrons. The summed E-state index contributed by atoms with van der Waals surface area (Å²) in [6, 6.07) is 8.11. The number of amides is 1. The molecule has 0 spiro atoms. The van der Waals surface area contributed by atoms with Crippen LogP contribution in [0.5, 0.6) is 5.75 Å². The van der Waals surface area contributed by atoms with E-state index in [0.717, 1.165) is 38.2 Å². The van der Waals surface area contributed by atoms with Crippen LogP contribution in [0.15, 0.2) is 24.3 Å². The highest BCUT2D eigenvalue weighted by atomic mass is 16.5. The SMILES string of the molecule is COc1ccc(CN2CCC(C(=O)NN)CC2)cc1. The number of carbonyl (C=O) groups is 1. The van der Waals surface area contributed by atoms with Gasteiger partial charge in [0.1, 0.15) is 5.75 Å². The Morgan fingerprint density at radius 1 is 1.37 bits per heavy atom. The fraction of sp³-hybridized carbons (Fsp3) is 0.500. The molecule has 0 aromatic heterocycles. The molecule has 1 aromatic carbocycles. The third-order valence-corrected chi connectivity index (χ3v) is 3.67. The van der Waals surface area contributed by atoms with Gasteiger partial charge in [0.25, 0.3) is 0 Å². The van der Waals surface area contributed by atoms with E-state index in [2.05, 4.69) is 22.5 Å². The van der Waals surface area contributed by atoms with E-state index in [-0.39, 0.29) is 11.8 Å². The summed E-state index contributed by atoms with van der Waals surface area (Å²) in [5, 5.41) is 0. The van der Waals surface area contributed by atoms with Gasteiger partial charge in [-0.3, -0.25) is 15.1 Å². The number of nitrogens with zero attached hydrogens (tertiary/aromatic N) is 1. The fourth-order valence-electron chi connectivity index (χ4n) is 2.46. The minimum Gasteiger partial charge on any atom is -0.497 e. The second-order valence-corrected chi connectivity index (χ2v) is 4.91. The zero-order chi connectivity index (χ0) is 13.7. The molecule has 0 saturated carbocycles. The van der Waals surface area contributed by atoms with Crippen LogP contribution in [0.1, 0.15) is 18.4 Å². The van der Waals surface area contributed by atoms with Crippen LogP contribution in [0.3, 0.4) is 0 Å². The quantitative estimate of drug-likeness (QED) is 0.481. The van der Waals surface area contributed by atoms with Crippen molar-refractivity contribution in [3.05, 3.63) is 29.8 Å². The first kappa shape index (κ1) is 13.8. The maximum absolute atomic E-state index is 11.4. The van der Waals surface area contributed by atoms with Crippen molar-refractivity contribution in [2.75, 3.05) is 20.2 Å². The molecule has 1 saturated heterocycles. The topological polar surface area (TPSA) is 67.6 Å². The monoisotopic (exact) mass is 263 g/mol. The normalized spacial score (nSPS) is 17.2. The minimum absolute atomic E-state index is 0.0379. The van der Waals surface area contributed by atoms with Gasteiger partial charge in [-0.05, 0) is 43.6 Å². The predicted octanol–water partition coefficient (Wildman–Crippen LogP) is 0.897. The Labute approximate surface area is 113 Å². The predicted molar refractivity (Wildman–Crippen MR) is 73.3 cm³/mol. The van der Waals surface area contributed by atoms with E-state index in [9.17, 15) is 4.79 Å². The molecular formula is C14H21N3O2. The minimum atomic E-state index is -0.0379. The average Bonchev–Trinajstić information content (AvgIpc) is 2.48. The van der Waals surface area contributed by atoms with Crippen LogP contribution < -0.4 is 16.0 Å². The number of rotatable bonds is 4. The smallest absolute Gasteiger partial charge is 0.237 e. The van der Waals surface area contributed by atoms with E-state index in [1.165, 1.54) is 5.56 Å². The molecule has 0 atom stereocenters. The third kappa shape index (κ3) is 3.68. The Bertz CT molecular complexity index is 411. The molecule has 1 heterocycles. The second-order valence-electron chi connectivity index (χ2n) is 4.91. The number of methoxy groups -OCH3 is 1. The van der Waals surface area contributed by atoms with E-state index in [0.29, 0.717) is 0 Å². The van der Waals surface area contributed by atoms with Gasteiger partial charge in [0.05, 0.1) is 7.11 Å². The molecule has 0 bridgehead atoms. The van der Waals surface area contributed by atoms with Crippen LogP contribution >= 0.6 is 0 Å².